The summed E-state index contributed by atoms with van der Waals surface area (Å²) in [6.45, 7) is 0.226. The van der Waals surface area contributed by atoms with E-state index in [4.69, 9.17) is 5.26 Å². The minimum absolute atomic E-state index is 0.226. The third-order valence-corrected chi connectivity index (χ3v) is 3.06. The predicted octanol–water partition coefficient (Wildman–Crippen LogP) is 3.23. The van der Waals surface area contributed by atoms with Crippen LogP contribution in [-0.2, 0) is 0 Å². The van der Waals surface area contributed by atoms with E-state index >= 15 is 0 Å². The Bertz CT molecular complexity index is 772. The van der Waals surface area contributed by atoms with Crippen molar-refractivity contribution >= 4 is 16.6 Å². The van der Waals surface area contributed by atoms with Gasteiger partial charge in [-0.2, -0.15) is 5.26 Å². The van der Waals surface area contributed by atoms with E-state index in [0.717, 1.165) is 11.3 Å². The van der Waals surface area contributed by atoms with Gasteiger partial charge in [0, 0.05) is 5.56 Å². The van der Waals surface area contributed by atoms with Gasteiger partial charge in [-0.25, -0.2) is 0 Å². The highest BCUT2D eigenvalue weighted by atomic mass is 15.2. The minimum Gasteiger partial charge on any atom is -0.356 e. The summed E-state index contributed by atoms with van der Waals surface area (Å²) < 4.78 is 0. The first kappa shape index (κ1) is 12.1. The number of nitrogens with zero attached hydrogens (tertiary/aromatic N) is 3. The molecule has 1 N–H and O–H groups in total. The minimum atomic E-state index is 0.226. The lowest BCUT2D eigenvalue weighted by atomic mass is 10.1. The van der Waals surface area contributed by atoms with E-state index in [0.29, 0.717) is 5.82 Å². The van der Waals surface area contributed by atoms with Crippen LogP contribution in [0.3, 0.4) is 0 Å². The molecule has 1 aromatic heterocycles. The van der Waals surface area contributed by atoms with Crippen LogP contribution in [0, 0.1) is 11.3 Å². The van der Waals surface area contributed by atoms with Gasteiger partial charge in [-0.15, -0.1) is 10.2 Å². The summed E-state index contributed by atoms with van der Waals surface area (Å²) in [4.78, 5) is 0. The molecule has 4 heteroatoms. The van der Waals surface area contributed by atoms with E-state index in [1.165, 1.54) is 10.8 Å². The van der Waals surface area contributed by atoms with Crippen molar-refractivity contribution in [3.05, 3.63) is 54.6 Å². The zero-order chi connectivity index (χ0) is 13.8. The Morgan fingerprint density at radius 3 is 2.55 bits per heavy atom. The third kappa shape index (κ3) is 2.43. The number of hydrogen-bond donors (Lipinski definition) is 1. The molecule has 0 bridgehead atoms. The highest BCUT2D eigenvalue weighted by Crippen LogP contribution is 2.22. The molecule has 0 aliphatic heterocycles. The van der Waals surface area contributed by atoms with E-state index in [9.17, 15) is 0 Å². The Labute approximate surface area is 116 Å². The van der Waals surface area contributed by atoms with Gasteiger partial charge in [-0.3, -0.25) is 0 Å². The molecule has 0 atom stereocenters. The van der Waals surface area contributed by atoms with Crippen LogP contribution in [0.5, 0.6) is 0 Å². The van der Waals surface area contributed by atoms with Gasteiger partial charge in [0.15, 0.2) is 0 Å². The van der Waals surface area contributed by atoms with Crippen molar-refractivity contribution < 1.29 is 0 Å². The van der Waals surface area contributed by atoms with Crippen LogP contribution >= 0.6 is 0 Å². The fourth-order valence-corrected chi connectivity index (χ4v) is 2.06. The lowest BCUT2D eigenvalue weighted by Gasteiger charge is -2.04. The average Bonchev–Trinajstić information content (AvgIpc) is 2.53. The van der Waals surface area contributed by atoms with Crippen molar-refractivity contribution in [3.8, 4) is 17.3 Å². The second-order valence-electron chi connectivity index (χ2n) is 4.38. The molecule has 0 radical (unpaired) electrons. The number of rotatable bonds is 3. The highest BCUT2D eigenvalue weighted by molar-refractivity contribution is 5.86. The standard InChI is InChI=1S/C16H12N4/c17-9-10-18-16-8-7-15(19-20-16)14-6-5-12-3-1-2-4-13(12)11-14/h1-8,11H,10H2,(H,18,20). The van der Waals surface area contributed by atoms with Crippen LogP contribution in [0.4, 0.5) is 5.82 Å². The quantitative estimate of drug-likeness (QED) is 0.734. The Kier molecular flexibility index (Phi) is 3.25. The summed E-state index contributed by atoms with van der Waals surface area (Å²) in [7, 11) is 0. The summed E-state index contributed by atoms with van der Waals surface area (Å²) in [5.41, 5.74) is 1.85. The number of aromatic nitrogens is 2. The molecule has 0 aliphatic carbocycles. The lowest BCUT2D eigenvalue weighted by Crippen LogP contribution is -2.01. The van der Waals surface area contributed by atoms with Crippen molar-refractivity contribution in [2.45, 2.75) is 0 Å². The molecule has 4 nitrogen and oxygen atoms in total. The first-order chi connectivity index (χ1) is 9.86. The lowest BCUT2D eigenvalue weighted by molar-refractivity contribution is 1.03. The van der Waals surface area contributed by atoms with Crippen LogP contribution in [0.1, 0.15) is 0 Å². The monoisotopic (exact) mass is 260 g/mol. The molecule has 3 aromatic rings. The Morgan fingerprint density at radius 1 is 0.950 bits per heavy atom. The normalized spacial score (nSPS) is 10.2. The van der Waals surface area contributed by atoms with Gasteiger partial charge in [-0.1, -0.05) is 36.4 Å². The summed E-state index contributed by atoms with van der Waals surface area (Å²) in [6.07, 6.45) is 0. The first-order valence-electron chi connectivity index (χ1n) is 6.30. The number of nitriles is 1. The fourth-order valence-electron chi connectivity index (χ4n) is 2.06. The van der Waals surface area contributed by atoms with Gasteiger partial charge >= 0.3 is 0 Å². The van der Waals surface area contributed by atoms with Crippen molar-refractivity contribution in [1.29, 1.82) is 5.26 Å². The van der Waals surface area contributed by atoms with E-state index in [-0.39, 0.29) is 6.54 Å². The van der Waals surface area contributed by atoms with Gasteiger partial charge in [0.05, 0.1) is 11.8 Å². The maximum atomic E-state index is 8.50. The first-order valence-corrected chi connectivity index (χ1v) is 6.30. The van der Waals surface area contributed by atoms with Crippen LogP contribution in [0.25, 0.3) is 22.0 Å². The smallest absolute Gasteiger partial charge is 0.149 e. The number of benzene rings is 2. The third-order valence-electron chi connectivity index (χ3n) is 3.06. The molecule has 0 unspecified atom stereocenters. The van der Waals surface area contributed by atoms with Crippen molar-refractivity contribution in [2.75, 3.05) is 11.9 Å². The molecule has 0 saturated heterocycles. The van der Waals surface area contributed by atoms with Gasteiger partial charge in [-0.05, 0) is 29.0 Å². The maximum Gasteiger partial charge on any atom is 0.149 e. The largest absolute Gasteiger partial charge is 0.356 e. The number of fused-ring (bicyclic) bond motifs is 1. The zero-order valence-electron chi connectivity index (χ0n) is 10.7. The number of anilines is 1. The second-order valence-corrected chi connectivity index (χ2v) is 4.38. The molecule has 0 aliphatic rings. The molecule has 0 amide bonds. The molecule has 0 spiro atoms. The maximum absolute atomic E-state index is 8.50. The van der Waals surface area contributed by atoms with Gasteiger partial charge in [0.25, 0.3) is 0 Å². The summed E-state index contributed by atoms with van der Waals surface area (Å²) >= 11 is 0. The molecule has 1 heterocycles. The van der Waals surface area contributed by atoms with Gasteiger partial charge in [0.2, 0.25) is 0 Å². The molecular weight excluding hydrogens is 248 g/mol. The molecule has 3 rings (SSSR count). The average molecular weight is 260 g/mol. The zero-order valence-corrected chi connectivity index (χ0v) is 10.7. The Hall–Kier alpha value is -2.93. The summed E-state index contributed by atoms with van der Waals surface area (Å²) in [5.74, 6) is 0.607. The SMILES string of the molecule is N#CCNc1ccc(-c2ccc3ccccc3c2)nn1. The van der Waals surface area contributed by atoms with Crippen molar-refractivity contribution in [1.82, 2.24) is 10.2 Å². The van der Waals surface area contributed by atoms with E-state index in [2.05, 4.69) is 39.8 Å². The summed E-state index contributed by atoms with van der Waals surface area (Å²) in [5, 5.41) is 22.0. The molecule has 0 fully saturated rings. The van der Waals surface area contributed by atoms with Gasteiger partial charge < -0.3 is 5.32 Å². The van der Waals surface area contributed by atoms with Crippen molar-refractivity contribution in [3.63, 3.8) is 0 Å². The molecule has 20 heavy (non-hydrogen) atoms. The van der Waals surface area contributed by atoms with Crippen LogP contribution in [-0.4, -0.2) is 16.7 Å². The molecular formula is C16H12N4. The molecule has 2 aromatic carbocycles. The molecule has 0 saturated carbocycles. The highest BCUT2D eigenvalue weighted by Gasteiger charge is 2.02. The Morgan fingerprint density at radius 2 is 1.80 bits per heavy atom. The topological polar surface area (TPSA) is 61.6 Å². The van der Waals surface area contributed by atoms with E-state index in [1.54, 1.807) is 0 Å². The van der Waals surface area contributed by atoms with Crippen LogP contribution in [0.15, 0.2) is 54.6 Å². The second kappa shape index (κ2) is 5.37. The van der Waals surface area contributed by atoms with E-state index < -0.39 is 0 Å². The fraction of sp³-hybridized carbons (Fsp3) is 0.0625. The summed E-state index contributed by atoms with van der Waals surface area (Å²) in [6, 6.07) is 20.2. The number of nitrogens with one attached hydrogen (secondary N) is 1. The van der Waals surface area contributed by atoms with Crippen LogP contribution < -0.4 is 5.32 Å². The Balaban J connectivity index is 1.92. The van der Waals surface area contributed by atoms with E-state index in [1.807, 2.05) is 36.4 Å². The predicted molar refractivity (Wildman–Crippen MR) is 79.1 cm³/mol. The molecule has 96 valence electrons. The van der Waals surface area contributed by atoms with Crippen molar-refractivity contribution in [2.24, 2.45) is 0 Å². The number of hydrogen-bond acceptors (Lipinski definition) is 4. The van der Waals surface area contributed by atoms with Crippen LogP contribution in [0.2, 0.25) is 0 Å². The van der Waals surface area contributed by atoms with Gasteiger partial charge in [0.1, 0.15) is 12.4 Å².